The van der Waals surface area contributed by atoms with Gasteiger partial charge in [-0.05, 0) is 29.3 Å². The Labute approximate surface area is 199 Å². The summed E-state index contributed by atoms with van der Waals surface area (Å²) >= 11 is 0. The number of aliphatic carboxylic acids is 1. The molecular formula is C22H19F6N3O5. The van der Waals surface area contributed by atoms with Crippen LogP contribution in [0.4, 0.5) is 26.3 Å². The molecule has 1 atom stereocenters. The van der Waals surface area contributed by atoms with Gasteiger partial charge in [0.2, 0.25) is 5.91 Å². The zero-order valence-corrected chi connectivity index (χ0v) is 18.2. The Kier molecular flexibility index (Phi) is 7.77. The number of amides is 2. The maximum Gasteiger partial charge on any atom is 0.573 e. The van der Waals surface area contributed by atoms with Crippen LogP contribution in [-0.2, 0) is 16.1 Å². The number of carbonyl (C=O) groups excluding carboxylic acids is 2. The average Bonchev–Trinajstić information content (AvgIpc) is 3.03. The van der Waals surface area contributed by atoms with Crippen LogP contribution in [0.25, 0.3) is 0 Å². The molecule has 2 amide bonds. The molecule has 8 nitrogen and oxygen atoms in total. The first kappa shape index (κ1) is 26.8. The van der Waals surface area contributed by atoms with Crippen LogP contribution in [0.5, 0.6) is 5.75 Å². The zero-order chi connectivity index (χ0) is 26.7. The lowest BCUT2D eigenvalue weighted by Crippen LogP contribution is -2.59. The zero-order valence-electron chi connectivity index (χ0n) is 18.2. The number of carbonyl (C=O) groups is 3. The topological polar surface area (TPSA) is 108 Å². The lowest BCUT2D eigenvalue weighted by atomic mass is 10.0. The molecule has 0 saturated carbocycles. The third-order valence-corrected chi connectivity index (χ3v) is 5.27. The summed E-state index contributed by atoms with van der Waals surface area (Å²) in [5.74, 6) is -3.58. The summed E-state index contributed by atoms with van der Waals surface area (Å²) in [6.07, 6.45) is -9.84. The number of carboxylic acid groups (broad SMARTS) is 1. The maximum atomic E-state index is 12.9. The highest BCUT2D eigenvalue weighted by molar-refractivity contribution is 6.05. The molecule has 0 radical (unpaired) electrons. The minimum atomic E-state index is -5.08. The molecule has 2 aliphatic heterocycles. The molecule has 0 spiro atoms. The van der Waals surface area contributed by atoms with Gasteiger partial charge in [-0.25, -0.2) is 4.79 Å². The summed E-state index contributed by atoms with van der Waals surface area (Å²) < 4.78 is 72.3. The van der Waals surface area contributed by atoms with Crippen molar-refractivity contribution in [3.8, 4) is 5.75 Å². The SMILES string of the molecule is O=C(NCc1ccc(OC(F)(F)F)cc1)C1c2ccccc2C(=O)N1C1CNC1.O=C(O)C(F)(F)F. The van der Waals surface area contributed by atoms with Crippen molar-refractivity contribution in [3.63, 3.8) is 0 Å². The minimum absolute atomic E-state index is 0.0514. The van der Waals surface area contributed by atoms with E-state index < -0.39 is 24.5 Å². The average molecular weight is 519 g/mol. The number of alkyl halides is 6. The summed E-state index contributed by atoms with van der Waals surface area (Å²) in [5.41, 5.74) is 1.80. The van der Waals surface area contributed by atoms with Crippen molar-refractivity contribution in [2.45, 2.75) is 31.2 Å². The molecule has 1 unspecified atom stereocenters. The van der Waals surface area contributed by atoms with E-state index in [0.29, 0.717) is 29.8 Å². The molecule has 194 valence electrons. The first-order valence-corrected chi connectivity index (χ1v) is 10.3. The molecular weight excluding hydrogens is 500 g/mol. The van der Waals surface area contributed by atoms with Gasteiger partial charge in [0.15, 0.2) is 0 Å². The maximum absolute atomic E-state index is 12.9. The first-order chi connectivity index (χ1) is 16.8. The number of benzene rings is 2. The lowest BCUT2D eigenvalue weighted by molar-refractivity contribution is -0.274. The fraction of sp³-hybridized carbons (Fsp3) is 0.318. The molecule has 14 heteroatoms. The highest BCUT2D eigenvalue weighted by Gasteiger charge is 2.45. The van der Waals surface area contributed by atoms with Crippen molar-refractivity contribution in [1.29, 1.82) is 0 Å². The molecule has 3 N–H and O–H groups in total. The highest BCUT2D eigenvalue weighted by atomic mass is 19.4. The van der Waals surface area contributed by atoms with Crippen LogP contribution in [0.3, 0.4) is 0 Å². The van der Waals surface area contributed by atoms with Gasteiger partial charge >= 0.3 is 18.5 Å². The molecule has 2 aliphatic rings. The van der Waals surface area contributed by atoms with Crippen molar-refractivity contribution in [1.82, 2.24) is 15.5 Å². The molecule has 0 aliphatic carbocycles. The fourth-order valence-electron chi connectivity index (χ4n) is 3.55. The monoisotopic (exact) mass is 519 g/mol. The predicted octanol–water partition coefficient (Wildman–Crippen LogP) is 3.00. The molecule has 1 saturated heterocycles. The van der Waals surface area contributed by atoms with Gasteiger partial charge in [-0.2, -0.15) is 13.2 Å². The summed E-state index contributed by atoms with van der Waals surface area (Å²) in [6.45, 7) is 1.38. The fourth-order valence-corrected chi connectivity index (χ4v) is 3.55. The van der Waals surface area contributed by atoms with Gasteiger partial charge in [-0.15, -0.1) is 13.2 Å². The Balaban J connectivity index is 0.000000454. The molecule has 4 rings (SSSR count). The number of hydrogen-bond acceptors (Lipinski definition) is 5. The summed E-state index contributed by atoms with van der Waals surface area (Å²) in [7, 11) is 0. The van der Waals surface area contributed by atoms with E-state index >= 15 is 0 Å². The van der Waals surface area contributed by atoms with Crippen LogP contribution in [0.1, 0.15) is 27.5 Å². The largest absolute Gasteiger partial charge is 0.573 e. The van der Waals surface area contributed by atoms with Crippen LogP contribution in [0.15, 0.2) is 48.5 Å². The molecule has 0 aromatic heterocycles. The van der Waals surface area contributed by atoms with E-state index in [1.54, 1.807) is 29.2 Å². The number of nitrogens with zero attached hydrogens (tertiary/aromatic N) is 1. The van der Waals surface area contributed by atoms with E-state index in [1.807, 2.05) is 0 Å². The van der Waals surface area contributed by atoms with Crippen molar-refractivity contribution in [3.05, 3.63) is 65.2 Å². The molecule has 2 aromatic carbocycles. The number of hydrogen-bond donors (Lipinski definition) is 3. The number of halogens is 6. The lowest BCUT2D eigenvalue weighted by Gasteiger charge is -2.38. The Hall–Kier alpha value is -3.81. The Bertz CT molecular complexity index is 1120. The molecule has 0 bridgehead atoms. The van der Waals surface area contributed by atoms with Gasteiger partial charge in [0.05, 0.1) is 6.04 Å². The summed E-state index contributed by atoms with van der Waals surface area (Å²) in [5, 5.41) is 13.0. The van der Waals surface area contributed by atoms with Gasteiger partial charge in [0, 0.05) is 25.2 Å². The van der Waals surface area contributed by atoms with Crippen LogP contribution >= 0.6 is 0 Å². The normalized spacial score (nSPS) is 17.4. The van der Waals surface area contributed by atoms with E-state index in [4.69, 9.17) is 9.90 Å². The minimum Gasteiger partial charge on any atom is -0.475 e. The van der Waals surface area contributed by atoms with Gasteiger partial charge in [0.25, 0.3) is 5.91 Å². The van der Waals surface area contributed by atoms with E-state index in [2.05, 4.69) is 15.4 Å². The number of fused-ring (bicyclic) bond motifs is 1. The predicted molar refractivity (Wildman–Crippen MR) is 111 cm³/mol. The van der Waals surface area contributed by atoms with E-state index in [1.165, 1.54) is 24.3 Å². The van der Waals surface area contributed by atoms with Crippen molar-refractivity contribution >= 4 is 17.8 Å². The van der Waals surface area contributed by atoms with E-state index in [0.717, 1.165) is 0 Å². The Morgan fingerprint density at radius 2 is 1.61 bits per heavy atom. The van der Waals surface area contributed by atoms with Crippen molar-refractivity contribution in [2.75, 3.05) is 13.1 Å². The van der Waals surface area contributed by atoms with Crippen molar-refractivity contribution in [2.24, 2.45) is 0 Å². The van der Waals surface area contributed by atoms with E-state index in [-0.39, 0.29) is 30.2 Å². The third-order valence-electron chi connectivity index (χ3n) is 5.27. The van der Waals surface area contributed by atoms with Gasteiger partial charge in [-0.1, -0.05) is 30.3 Å². The van der Waals surface area contributed by atoms with Gasteiger partial charge in [0.1, 0.15) is 11.8 Å². The highest BCUT2D eigenvalue weighted by Crippen LogP contribution is 2.36. The quantitative estimate of drug-likeness (QED) is 0.525. The molecule has 2 heterocycles. The summed E-state index contributed by atoms with van der Waals surface area (Å²) in [6, 6.07) is 11.5. The van der Waals surface area contributed by atoms with Crippen LogP contribution in [-0.4, -0.2) is 59.5 Å². The number of nitrogens with one attached hydrogen (secondary N) is 2. The Morgan fingerprint density at radius 1 is 1.03 bits per heavy atom. The first-order valence-electron chi connectivity index (χ1n) is 10.3. The second-order valence-corrected chi connectivity index (χ2v) is 7.73. The van der Waals surface area contributed by atoms with Crippen LogP contribution in [0.2, 0.25) is 0 Å². The second kappa shape index (κ2) is 10.4. The molecule has 2 aromatic rings. The standard InChI is InChI=1S/C20H18F3N3O3.C2HF3O2/c21-20(22,23)29-14-7-5-12(6-8-14)9-25-18(27)17-15-3-1-2-4-16(15)19(28)26(17)13-10-24-11-13;3-2(4,5)1(6)7/h1-8,13,17,24H,9-11H2,(H,25,27);(H,6,7). The van der Waals surface area contributed by atoms with Gasteiger partial charge in [-0.3, -0.25) is 9.59 Å². The van der Waals surface area contributed by atoms with E-state index in [9.17, 15) is 35.9 Å². The molecule has 1 fully saturated rings. The van der Waals surface area contributed by atoms with Gasteiger partial charge < -0.3 is 25.4 Å². The van der Waals surface area contributed by atoms with Crippen LogP contribution in [0, 0.1) is 0 Å². The third kappa shape index (κ3) is 6.44. The smallest absolute Gasteiger partial charge is 0.475 e. The number of ether oxygens (including phenoxy) is 1. The van der Waals surface area contributed by atoms with Crippen molar-refractivity contribution < 1.29 is 50.6 Å². The Morgan fingerprint density at radius 3 is 2.11 bits per heavy atom. The second-order valence-electron chi connectivity index (χ2n) is 7.73. The molecule has 36 heavy (non-hydrogen) atoms. The summed E-state index contributed by atoms with van der Waals surface area (Å²) in [4.78, 5) is 36.2. The number of carboxylic acids is 1. The van der Waals surface area contributed by atoms with Crippen LogP contribution < -0.4 is 15.4 Å². The number of rotatable bonds is 5.